The van der Waals surface area contributed by atoms with Crippen LogP contribution in [0.4, 0.5) is 4.39 Å². The van der Waals surface area contributed by atoms with Crippen LogP contribution in [0.15, 0.2) is 27.6 Å². The molecule has 1 aromatic rings. The summed E-state index contributed by atoms with van der Waals surface area (Å²) in [4.78, 5) is -0.109. The highest BCUT2D eigenvalue weighted by molar-refractivity contribution is 9.10. The lowest BCUT2D eigenvalue weighted by atomic mass is 10.1. The lowest BCUT2D eigenvalue weighted by molar-refractivity contribution is 0.515. The van der Waals surface area contributed by atoms with Crippen molar-refractivity contribution in [1.82, 2.24) is 4.72 Å². The van der Waals surface area contributed by atoms with E-state index in [1.807, 2.05) is 6.92 Å². The van der Waals surface area contributed by atoms with Gasteiger partial charge in [-0.3, -0.25) is 0 Å². The fourth-order valence-electron chi connectivity index (χ4n) is 1.64. The second-order valence-corrected chi connectivity index (χ2v) is 6.81. The molecule has 8 heteroatoms. The third kappa shape index (κ3) is 5.65. The fraction of sp³-hybridized carbons (Fsp3) is 0.500. The van der Waals surface area contributed by atoms with Crippen LogP contribution in [0.3, 0.4) is 0 Å². The van der Waals surface area contributed by atoms with Gasteiger partial charge in [-0.25, -0.2) is 17.5 Å². The van der Waals surface area contributed by atoms with Crippen LogP contribution in [0.25, 0.3) is 0 Å². The highest BCUT2D eigenvalue weighted by Gasteiger charge is 2.22. The van der Waals surface area contributed by atoms with Gasteiger partial charge in [0.25, 0.3) is 0 Å². The maximum Gasteiger partial charge on any atom is 0.242 e. The minimum Gasteiger partial charge on any atom is -0.329 e. The summed E-state index contributed by atoms with van der Waals surface area (Å²) in [7, 11) is -3.77. The van der Waals surface area contributed by atoms with Gasteiger partial charge >= 0.3 is 0 Å². The van der Waals surface area contributed by atoms with Crippen molar-refractivity contribution in [2.24, 2.45) is 5.73 Å². The number of sulfonamides is 1. The molecule has 0 aliphatic heterocycles. The van der Waals surface area contributed by atoms with E-state index in [0.29, 0.717) is 10.9 Å². The van der Waals surface area contributed by atoms with E-state index in [-0.39, 0.29) is 29.9 Å². The molecule has 0 aromatic heterocycles. The standard InChI is InChI=1S/C12H18BrFN2O2S.ClH/c1-2-3-4-10(8-15)16-19(17,18)12-7-9(14)5-6-11(12)13;/h5-7,10,16H,2-4,8,15H2,1H3;1H. The molecule has 0 bridgehead atoms. The molecule has 0 radical (unpaired) electrons. The molecule has 4 nitrogen and oxygen atoms in total. The van der Waals surface area contributed by atoms with Crippen molar-refractivity contribution in [3.05, 3.63) is 28.5 Å². The van der Waals surface area contributed by atoms with Crippen LogP contribution >= 0.6 is 28.3 Å². The Kier molecular flexibility index (Phi) is 8.85. The average molecular weight is 390 g/mol. The number of benzene rings is 1. The molecule has 3 N–H and O–H groups in total. The van der Waals surface area contributed by atoms with Gasteiger partial charge in [0, 0.05) is 17.1 Å². The van der Waals surface area contributed by atoms with E-state index in [4.69, 9.17) is 5.73 Å². The lowest BCUT2D eigenvalue weighted by Gasteiger charge is -2.17. The summed E-state index contributed by atoms with van der Waals surface area (Å²) >= 11 is 3.11. The van der Waals surface area contributed by atoms with Crippen molar-refractivity contribution >= 4 is 38.4 Å². The van der Waals surface area contributed by atoms with E-state index in [0.717, 1.165) is 18.9 Å². The van der Waals surface area contributed by atoms with Crippen molar-refractivity contribution in [3.8, 4) is 0 Å². The van der Waals surface area contributed by atoms with Crippen molar-refractivity contribution < 1.29 is 12.8 Å². The van der Waals surface area contributed by atoms with Gasteiger partial charge in [0.05, 0.1) is 4.90 Å². The number of hydrogen-bond acceptors (Lipinski definition) is 3. The van der Waals surface area contributed by atoms with Crippen LogP contribution in [-0.4, -0.2) is 21.0 Å². The summed E-state index contributed by atoms with van der Waals surface area (Å²) in [6, 6.07) is 3.22. The Morgan fingerprint density at radius 3 is 2.65 bits per heavy atom. The van der Waals surface area contributed by atoms with Crippen LogP contribution in [-0.2, 0) is 10.0 Å². The number of rotatable bonds is 7. The summed E-state index contributed by atoms with van der Waals surface area (Å²) in [6.45, 7) is 2.23. The van der Waals surface area contributed by atoms with Crippen molar-refractivity contribution in [3.63, 3.8) is 0 Å². The fourth-order valence-corrected chi connectivity index (χ4v) is 3.90. The molecule has 0 spiro atoms. The Morgan fingerprint density at radius 2 is 2.10 bits per heavy atom. The van der Waals surface area contributed by atoms with Crippen molar-refractivity contribution in [2.45, 2.75) is 37.1 Å². The van der Waals surface area contributed by atoms with Crippen LogP contribution in [0.5, 0.6) is 0 Å². The first-order chi connectivity index (χ1) is 8.90. The predicted molar refractivity (Wildman–Crippen MR) is 84.0 cm³/mol. The minimum atomic E-state index is -3.77. The summed E-state index contributed by atoms with van der Waals surface area (Å²) in [6.07, 6.45) is 2.51. The van der Waals surface area contributed by atoms with Crippen molar-refractivity contribution in [1.29, 1.82) is 0 Å². The molecule has 1 atom stereocenters. The lowest BCUT2D eigenvalue weighted by Crippen LogP contribution is -2.40. The first kappa shape index (κ1) is 19.8. The smallest absolute Gasteiger partial charge is 0.242 e. The Balaban J connectivity index is 0.00000361. The Labute approximate surface area is 133 Å². The molecule has 0 aliphatic carbocycles. The number of nitrogens with one attached hydrogen (secondary N) is 1. The van der Waals surface area contributed by atoms with E-state index in [1.54, 1.807) is 0 Å². The van der Waals surface area contributed by atoms with Gasteiger partial charge in [0.15, 0.2) is 0 Å². The van der Waals surface area contributed by atoms with E-state index >= 15 is 0 Å². The normalized spacial score (nSPS) is 12.8. The maximum absolute atomic E-state index is 13.2. The maximum atomic E-state index is 13.2. The van der Waals surface area contributed by atoms with Crippen LogP contribution in [0.1, 0.15) is 26.2 Å². The highest BCUT2D eigenvalue weighted by Crippen LogP contribution is 2.23. The van der Waals surface area contributed by atoms with Gasteiger partial charge in [0.2, 0.25) is 10.0 Å². The zero-order valence-electron chi connectivity index (χ0n) is 11.1. The Morgan fingerprint density at radius 1 is 1.45 bits per heavy atom. The molecular weight excluding hydrogens is 371 g/mol. The van der Waals surface area contributed by atoms with Gasteiger partial charge in [0.1, 0.15) is 5.82 Å². The first-order valence-electron chi connectivity index (χ1n) is 6.08. The second kappa shape index (κ2) is 8.94. The third-order valence-corrected chi connectivity index (χ3v) is 5.21. The van der Waals surface area contributed by atoms with Gasteiger partial charge in [-0.2, -0.15) is 0 Å². The van der Waals surface area contributed by atoms with Crippen LogP contribution in [0.2, 0.25) is 0 Å². The molecule has 0 amide bonds. The van der Waals surface area contributed by atoms with Crippen LogP contribution in [0, 0.1) is 5.82 Å². The highest BCUT2D eigenvalue weighted by atomic mass is 79.9. The monoisotopic (exact) mass is 388 g/mol. The number of nitrogens with two attached hydrogens (primary N) is 1. The zero-order valence-corrected chi connectivity index (χ0v) is 14.3. The summed E-state index contributed by atoms with van der Waals surface area (Å²) in [5, 5.41) is 0. The molecule has 1 unspecified atom stereocenters. The predicted octanol–water partition coefficient (Wildman–Crippen LogP) is 2.81. The summed E-state index contributed by atoms with van der Waals surface area (Å²) in [5.41, 5.74) is 5.55. The third-order valence-electron chi connectivity index (χ3n) is 2.70. The molecule has 0 saturated carbocycles. The molecule has 0 heterocycles. The first-order valence-corrected chi connectivity index (χ1v) is 8.35. The SMILES string of the molecule is CCCCC(CN)NS(=O)(=O)c1cc(F)ccc1Br.Cl. The quantitative estimate of drug-likeness (QED) is 0.753. The number of unbranched alkanes of at least 4 members (excludes halogenated alkanes) is 1. The topological polar surface area (TPSA) is 72.2 Å². The largest absolute Gasteiger partial charge is 0.329 e. The molecule has 116 valence electrons. The summed E-state index contributed by atoms with van der Waals surface area (Å²) < 4.78 is 40.3. The molecule has 0 fully saturated rings. The summed E-state index contributed by atoms with van der Waals surface area (Å²) in [5.74, 6) is -0.596. The molecule has 20 heavy (non-hydrogen) atoms. The molecule has 0 saturated heterocycles. The second-order valence-electron chi connectivity index (χ2n) is 4.27. The number of hydrogen-bond donors (Lipinski definition) is 2. The van der Waals surface area contributed by atoms with Crippen molar-refractivity contribution in [2.75, 3.05) is 6.54 Å². The average Bonchev–Trinajstić information content (AvgIpc) is 2.37. The molecule has 0 aliphatic rings. The van der Waals surface area contributed by atoms with Gasteiger partial charge in [-0.05, 0) is 40.5 Å². The van der Waals surface area contributed by atoms with E-state index in [2.05, 4.69) is 20.7 Å². The van der Waals surface area contributed by atoms with Gasteiger partial charge in [-0.15, -0.1) is 12.4 Å². The number of halogens is 3. The van der Waals surface area contributed by atoms with E-state index < -0.39 is 15.8 Å². The minimum absolute atomic E-state index is 0. The van der Waals surface area contributed by atoms with Gasteiger partial charge < -0.3 is 5.73 Å². The van der Waals surface area contributed by atoms with E-state index in [1.165, 1.54) is 12.1 Å². The zero-order chi connectivity index (χ0) is 14.5. The molecular formula is C12H19BrClFN2O2S. The molecule has 1 rings (SSSR count). The van der Waals surface area contributed by atoms with E-state index in [9.17, 15) is 12.8 Å². The molecule has 1 aromatic carbocycles. The van der Waals surface area contributed by atoms with Gasteiger partial charge in [-0.1, -0.05) is 19.8 Å². The Bertz CT molecular complexity index is 528. The Hall–Kier alpha value is -0.210. The van der Waals surface area contributed by atoms with Crippen LogP contribution < -0.4 is 10.5 Å².